The van der Waals surface area contributed by atoms with E-state index in [0.29, 0.717) is 0 Å². The van der Waals surface area contributed by atoms with Crippen LogP contribution in [-0.4, -0.2) is 56.8 Å². The Morgan fingerprint density at radius 2 is 0.714 bits per heavy atom. The Balaban J connectivity index is -0.0000000270. The molecule has 0 aliphatic heterocycles. The van der Waals surface area contributed by atoms with Crippen molar-refractivity contribution < 1.29 is 96.4 Å². The number of rotatable bonds is 0. The molecule has 0 aliphatic carbocycles. The molecular weight excluding hydrogens is 243 g/mol. The van der Waals surface area contributed by atoms with E-state index in [2.05, 4.69) is 0 Å². The molecule has 0 radical (unpaired) electrons. The smallest absolute Gasteiger partial charge is 0.565 e. The largest absolute Gasteiger partial charge is 2.00 e. The van der Waals surface area contributed by atoms with Gasteiger partial charge in [0, 0.05) is 0 Å². The van der Waals surface area contributed by atoms with Crippen molar-refractivity contribution in [1.82, 2.24) is 0 Å². The van der Waals surface area contributed by atoms with Crippen LogP contribution in [0.25, 0.3) is 0 Å². The minimum absolute atomic E-state index is 0. The third-order valence-corrected chi connectivity index (χ3v) is 0. The molecule has 0 rings (SSSR count). The second kappa shape index (κ2) is 23.2. The number of hydrogen-bond donors (Lipinski definition) is 3. The van der Waals surface area contributed by atoms with E-state index in [1.807, 2.05) is 0 Å². The summed E-state index contributed by atoms with van der Waals surface area (Å²) in [6.07, 6.45) is -6.25. The first-order valence-corrected chi connectivity index (χ1v) is 1.90. The fourth-order valence-electron chi connectivity index (χ4n) is 0. The van der Waals surface area contributed by atoms with E-state index in [1.165, 1.54) is 0 Å². The fraction of sp³-hybridized carbons (Fsp3) is 0. The van der Waals surface area contributed by atoms with Gasteiger partial charge in [-0.2, -0.15) is 0 Å². The minimum Gasteiger partial charge on any atom is -0.565 e. The van der Waals surface area contributed by atoms with Gasteiger partial charge in [0.15, 0.2) is 0 Å². The average Bonchev–Trinajstić information content (AvgIpc) is 1.54. The molecule has 0 atom stereocenters. The zero-order valence-electron chi connectivity index (χ0n) is 7.00. The van der Waals surface area contributed by atoms with Crippen molar-refractivity contribution in [2.45, 2.75) is 0 Å². The van der Waals surface area contributed by atoms with Gasteiger partial charge in [0.2, 0.25) is 18.5 Å². The summed E-state index contributed by atoms with van der Waals surface area (Å²) in [7, 11) is 0. The Morgan fingerprint density at radius 3 is 0.714 bits per heavy atom. The van der Waals surface area contributed by atoms with E-state index in [0.717, 1.165) is 0 Å². The second-order valence-electron chi connectivity index (χ2n) is 0.798. The van der Waals surface area contributed by atoms with E-state index in [4.69, 9.17) is 45.0 Å². The number of carboxylic acid groups (broad SMARTS) is 6. The molecule has 0 aromatic carbocycles. The molecule has 0 unspecified atom stereocenters. The van der Waals surface area contributed by atoms with Crippen LogP contribution in [0.3, 0.4) is 0 Å². The molecule has 0 saturated heterocycles. The van der Waals surface area contributed by atoms with Crippen LogP contribution in [0, 0.1) is 0 Å². The van der Waals surface area contributed by atoms with Crippen LogP contribution < -0.4 is 66.7 Å². The van der Waals surface area contributed by atoms with Crippen LogP contribution >= 0.6 is 0 Å². The average molecular weight is 246 g/mol. The van der Waals surface area contributed by atoms with E-state index in [9.17, 15) is 0 Å². The topological polar surface area (TPSA) is 181 Å². The molecule has 0 aromatic rings. The molecule has 14 heavy (non-hydrogen) atoms. The van der Waals surface area contributed by atoms with Gasteiger partial charge < -0.3 is 45.0 Å². The van der Waals surface area contributed by atoms with Gasteiger partial charge in [-0.25, -0.2) is 0 Å². The minimum atomic E-state index is -2.08. The molecule has 0 heterocycles. The molecule has 72 valence electrons. The van der Waals surface area contributed by atoms with Gasteiger partial charge in [-0.05, 0) is 0 Å². The van der Waals surface area contributed by atoms with Crippen molar-refractivity contribution in [3.05, 3.63) is 0 Å². The van der Waals surface area contributed by atoms with Gasteiger partial charge in [0.1, 0.15) is 0 Å². The summed E-state index contributed by atoms with van der Waals surface area (Å²) in [5.41, 5.74) is 0. The van der Waals surface area contributed by atoms with Gasteiger partial charge in [0.05, 0.1) is 0 Å². The number of hydrogen-bond acceptors (Lipinski definition) is 6. The molecule has 0 saturated carbocycles. The third-order valence-electron chi connectivity index (χ3n) is 0. The van der Waals surface area contributed by atoms with Gasteiger partial charge >= 0.3 is 74.4 Å². The summed E-state index contributed by atoms with van der Waals surface area (Å²) < 4.78 is 0. The monoisotopic (exact) mass is 246 g/mol. The van der Waals surface area contributed by atoms with E-state index in [1.54, 1.807) is 0 Å². The predicted molar refractivity (Wildman–Crippen MR) is 29.8 cm³/mol. The molecule has 0 spiro atoms. The summed E-state index contributed by atoms with van der Waals surface area (Å²) in [6, 6.07) is 0. The summed E-state index contributed by atoms with van der Waals surface area (Å²) in [4.78, 5) is 25.3. The Bertz CT molecular complexity index is 118. The molecule has 0 amide bonds. The first kappa shape index (κ1) is 29.2. The maximum Gasteiger partial charge on any atom is 2.00 e. The van der Waals surface area contributed by atoms with E-state index >= 15 is 0 Å². The summed E-state index contributed by atoms with van der Waals surface area (Å²) in [5, 5.41) is 45.9. The zero-order valence-corrected chi connectivity index (χ0v) is 11.5. The maximum absolute atomic E-state index is 8.44. The van der Waals surface area contributed by atoms with Crippen LogP contribution in [0.5, 0.6) is 0 Å². The molecule has 9 nitrogen and oxygen atoms in total. The normalized spacial score (nSPS) is 5.14. The SMILES string of the molecule is O=C([O-])O.O=C([O-])O.O=C([O-])O.[K+].[Mg+2]. The summed E-state index contributed by atoms with van der Waals surface area (Å²) in [5.74, 6) is 0. The molecule has 0 fully saturated rings. The first-order chi connectivity index (χ1) is 5.20. The third kappa shape index (κ3) is 34000. The Hall–Kier alpha value is 0.213. The van der Waals surface area contributed by atoms with Crippen LogP contribution in [-0.2, 0) is 0 Å². The Morgan fingerprint density at radius 1 is 0.714 bits per heavy atom. The van der Waals surface area contributed by atoms with Crippen LogP contribution in [0.15, 0.2) is 0 Å². The zero-order chi connectivity index (χ0) is 10.7. The Kier molecular flexibility index (Phi) is 48.5. The fourth-order valence-corrected chi connectivity index (χ4v) is 0. The van der Waals surface area contributed by atoms with Crippen molar-refractivity contribution >= 4 is 41.5 Å². The summed E-state index contributed by atoms with van der Waals surface area (Å²) in [6.45, 7) is 0. The standard InChI is InChI=1S/3CH2O3.K.Mg/c3*2-1(3)4;;/h3*(H2,2,3,4);;/q;;;+1;+2/p-3. The van der Waals surface area contributed by atoms with Crippen LogP contribution in [0.2, 0.25) is 0 Å². The van der Waals surface area contributed by atoms with Crippen molar-refractivity contribution in [3.63, 3.8) is 0 Å². The van der Waals surface area contributed by atoms with Gasteiger partial charge in [0.25, 0.3) is 0 Å². The Labute approximate surface area is 136 Å². The van der Waals surface area contributed by atoms with Crippen molar-refractivity contribution in [2.75, 3.05) is 0 Å². The van der Waals surface area contributed by atoms with Gasteiger partial charge in [-0.15, -0.1) is 0 Å². The van der Waals surface area contributed by atoms with E-state index < -0.39 is 18.5 Å². The van der Waals surface area contributed by atoms with Crippen LogP contribution in [0.1, 0.15) is 0 Å². The second-order valence-corrected chi connectivity index (χ2v) is 0.798. The summed E-state index contributed by atoms with van der Waals surface area (Å²) >= 11 is 0. The van der Waals surface area contributed by atoms with Gasteiger partial charge in [-0.3, -0.25) is 0 Å². The maximum atomic E-state index is 8.44. The first-order valence-electron chi connectivity index (χ1n) is 1.90. The quantitative estimate of drug-likeness (QED) is 0.350. The molecule has 0 bridgehead atoms. The van der Waals surface area contributed by atoms with Crippen LogP contribution in [0.4, 0.5) is 14.4 Å². The van der Waals surface area contributed by atoms with Crippen molar-refractivity contribution in [1.29, 1.82) is 0 Å². The molecule has 0 aliphatic rings. The van der Waals surface area contributed by atoms with Crippen molar-refractivity contribution in [2.24, 2.45) is 0 Å². The molecule has 0 aromatic heterocycles. The predicted octanol–water partition coefficient (Wildman–Crippen LogP) is -6.71. The molecule has 11 heteroatoms. The van der Waals surface area contributed by atoms with Gasteiger partial charge in [-0.1, -0.05) is 0 Å². The van der Waals surface area contributed by atoms with E-state index in [-0.39, 0.29) is 74.4 Å². The van der Waals surface area contributed by atoms with Crippen molar-refractivity contribution in [3.8, 4) is 0 Å². The molecular formula is C3H3KMgO9. The molecule has 3 N–H and O–H groups in total. The number of carbonyl (C=O) groups is 3.